The van der Waals surface area contributed by atoms with E-state index in [9.17, 15) is 0 Å². The van der Waals surface area contributed by atoms with Crippen LogP contribution in [0.15, 0.2) is 48.0 Å². The van der Waals surface area contributed by atoms with Gasteiger partial charge in [0.15, 0.2) is 5.82 Å². The van der Waals surface area contributed by atoms with Crippen LogP contribution >= 0.6 is 11.3 Å². The van der Waals surface area contributed by atoms with Crippen LogP contribution in [0.3, 0.4) is 0 Å². The third-order valence-corrected chi connectivity index (χ3v) is 8.07. The Balaban J connectivity index is 1.24. The lowest BCUT2D eigenvalue weighted by atomic mass is 10.1. The Bertz CT molecular complexity index is 1190. The van der Waals surface area contributed by atoms with Gasteiger partial charge in [-0.2, -0.15) is 0 Å². The van der Waals surface area contributed by atoms with Crippen LogP contribution in [-0.2, 0) is 26.4 Å². The van der Waals surface area contributed by atoms with Gasteiger partial charge in [0.2, 0.25) is 0 Å². The van der Waals surface area contributed by atoms with E-state index < -0.39 is 0 Å². The molecule has 0 atom stereocenters. The summed E-state index contributed by atoms with van der Waals surface area (Å²) in [4.78, 5) is 4.87. The highest BCUT2D eigenvalue weighted by molar-refractivity contribution is 7.17. The van der Waals surface area contributed by atoms with Crippen molar-refractivity contribution in [1.82, 2.24) is 14.1 Å². The summed E-state index contributed by atoms with van der Waals surface area (Å²) in [7, 11) is 2.15. The Morgan fingerprint density at radius 2 is 1.82 bits per heavy atom. The molecule has 0 spiro atoms. The molecule has 1 aliphatic rings. The predicted molar refractivity (Wildman–Crippen MR) is 143 cm³/mol. The fraction of sp³-hybridized carbons (Fsp3) is 0.483. The van der Waals surface area contributed by atoms with Gasteiger partial charge < -0.3 is 13.9 Å². The Morgan fingerprint density at radius 3 is 2.56 bits per heavy atom. The Labute approximate surface area is 207 Å². The number of ether oxygens (including phenoxy) is 1. The first-order valence-corrected chi connectivity index (χ1v) is 13.9. The maximum Gasteiger partial charge on any atom is 0.156 e. The molecule has 0 N–H and O–H groups in total. The van der Waals surface area contributed by atoms with Crippen molar-refractivity contribution in [3.8, 4) is 17.3 Å². The van der Waals surface area contributed by atoms with Crippen molar-refractivity contribution in [2.45, 2.75) is 83.8 Å². The SMILES string of the molecule is CCCc1cnc(-c2cc3sccc3n2C)n1CCCc1ccc(OC2CCCCCC2)cc1. The summed E-state index contributed by atoms with van der Waals surface area (Å²) in [6.07, 6.45) is 14.6. The van der Waals surface area contributed by atoms with E-state index in [-0.39, 0.29) is 0 Å². The number of nitrogens with zero attached hydrogens (tertiary/aromatic N) is 3. The number of hydrogen-bond donors (Lipinski definition) is 0. The van der Waals surface area contributed by atoms with Crippen LogP contribution in [0.4, 0.5) is 0 Å². The minimum atomic E-state index is 0.401. The van der Waals surface area contributed by atoms with E-state index in [0.717, 1.165) is 43.8 Å². The lowest BCUT2D eigenvalue weighted by Crippen LogP contribution is -2.14. The first kappa shape index (κ1) is 23.2. The summed E-state index contributed by atoms with van der Waals surface area (Å²) in [5, 5.41) is 2.16. The van der Waals surface area contributed by atoms with Crippen molar-refractivity contribution in [2.24, 2.45) is 7.05 Å². The Morgan fingerprint density at radius 1 is 1.03 bits per heavy atom. The molecule has 0 amide bonds. The molecule has 4 aromatic rings. The predicted octanol–water partition coefficient (Wildman–Crippen LogP) is 7.79. The quantitative estimate of drug-likeness (QED) is 0.231. The van der Waals surface area contributed by atoms with E-state index in [0.29, 0.717) is 6.10 Å². The summed E-state index contributed by atoms with van der Waals surface area (Å²) in [6, 6.07) is 13.3. The molecule has 0 bridgehead atoms. The summed E-state index contributed by atoms with van der Waals surface area (Å²) in [5.74, 6) is 2.13. The molecule has 4 nitrogen and oxygen atoms in total. The third kappa shape index (κ3) is 5.10. The molecule has 0 unspecified atom stereocenters. The van der Waals surface area contributed by atoms with Gasteiger partial charge in [0.1, 0.15) is 5.75 Å². The van der Waals surface area contributed by atoms with E-state index in [4.69, 9.17) is 9.72 Å². The van der Waals surface area contributed by atoms with Gasteiger partial charge in [-0.1, -0.05) is 38.3 Å². The van der Waals surface area contributed by atoms with Crippen molar-refractivity contribution >= 4 is 21.6 Å². The van der Waals surface area contributed by atoms with E-state index in [1.807, 2.05) is 0 Å². The number of aryl methyl sites for hydroxylation is 3. The van der Waals surface area contributed by atoms with Gasteiger partial charge >= 0.3 is 0 Å². The van der Waals surface area contributed by atoms with Crippen molar-refractivity contribution < 1.29 is 4.74 Å². The number of hydrogen-bond acceptors (Lipinski definition) is 3. The molecule has 3 heterocycles. The maximum atomic E-state index is 6.28. The topological polar surface area (TPSA) is 32.0 Å². The highest BCUT2D eigenvalue weighted by Gasteiger charge is 2.17. The van der Waals surface area contributed by atoms with E-state index in [2.05, 4.69) is 71.1 Å². The first-order chi connectivity index (χ1) is 16.7. The van der Waals surface area contributed by atoms with Crippen molar-refractivity contribution in [3.63, 3.8) is 0 Å². The van der Waals surface area contributed by atoms with Crippen LogP contribution in [-0.4, -0.2) is 20.2 Å². The number of fused-ring (bicyclic) bond motifs is 1. The number of rotatable bonds is 9. The van der Waals surface area contributed by atoms with Gasteiger partial charge in [0.25, 0.3) is 0 Å². The molecule has 1 aliphatic carbocycles. The summed E-state index contributed by atoms with van der Waals surface area (Å²) in [5.41, 5.74) is 5.22. The van der Waals surface area contributed by atoms with Crippen molar-refractivity contribution in [3.05, 3.63) is 59.2 Å². The van der Waals surface area contributed by atoms with E-state index in [1.54, 1.807) is 11.3 Å². The zero-order valence-corrected chi connectivity index (χ0v) is 21.4. The fourth-order valence-electron chi connectivity index (χ4n) is 5.31. The average Bonchev–Trinajstić information content (AvgIpc) is 3.48. The third-order valence-electron chi connectivity index (χ3n) is 7.21. The molecule has 1 saturated carbocycles. The number of aromatic nitrogens is 3. The second-order valence-electron chi connectivity index (χ2n) is 9.71. The molecule has 1 aromatic carbocycles. The smallest absolute Gasteiger partial charge is 0.156 e. The average molecular weight is 476 g/mol. The van der Waals surface area contributed by atoms with Gasteiger partial charge in [-0.15, -0.1) is 11.3 Å². The summed E-state index contributed by atoms with van der Waals surface area (Å²) in [6.45, 7) is 3.23. The standard InChI is InChI=1S/C29H37N3OS/c1-3-9-23-21-30-29(27-20-28-26(31(27)2)17-19-34-28)32(23)18-8-10-22-13-15-25(16-14-22)33-24-11-6-4-5-7-12-24/h13-17,19-21,24H,3-12,18H2,1-2H3. The highest BCUT2D eigenvalue weighted by Crippen LogP contribution is 2.31. The molecule has 0 saturated heterocycles. The second-order valence-corrected chi connectivity index (χ2v) is 10.7. The minimum Gasteiger partial charge on any atom is -0.490 e. The fourth-order valence-corrected chi connectivity index (χ4v) is 6.16. The zero-order valence-electron chi connectivity index (χ0n) is 20.6. The molecule has 5 rings (SSSR count). The van der Waals surface area contributed by atoms with Crippen molar-refractivity contribution in [2.75, 3.05) is 0 Å². The number of thiophene rings is 1. The number of imidazole rings is 1. The van der Waals surface area contributed by atoms with Crippen LogP contribution in [0.1, 0.15) is 69.5 Å². The van der Waals surface area contributed by atoms with E-state index in [1.165, 1.54) is 65.7 Å². The van der Waals surface area contributed by atoms with Crippen LogP contribution in [0.5, 0.6) is 5.75 Å². The first-order valence-electron chi connectivity index (χ1n) is 13.1. The van der Waals surface area contributed by atoms with E-state index >= 15 is 0 Å². The maximum absolute atomic E-state index is 6.28. The second kappa shape index (κ2) is 10.8. The Kier molecular flexibility index (Phi) is 7.39. The Hall–Kier alpha value is -2.53. The van der Waals surface area contributed by atoms with Gasteiger partial charge in [0.05, 0.1) is 22.0 Å². The van der Waals surface area contributed by atoms with Crippen molar-refractivity contribution in [1.29, 1.82) is 0 Å². The van der Waals surface area contributed by atoms with Crippen LogP contribution < -0.4 is 4.74 Å². The molecule has 0 radical (unpaired) electrons. The molecular weight excluding hydrogens is 438 g/mol. The normalized spacial score (nSPS) is 15.1. The van der Waals surface area contributed by atoms with Crippen LogP contribution in [0.25, 0.3) is 21.7 Å². The summed E-state index contributed by atoms with van der Waals surface area (Å²) < 4.78 is 12.3. The lowest BCUT2D eigenvalue weighted by molar-refractivity contribution is 0.183. The largest absolute Gasteiger partial charge is 0.490 e. The molecule has 3 aromatic heterocycles. The molecule has 1 fully saturated rings. The monoisotopic (exact) mass is 475 g/mol. The molecule has 5 heteroatoms. The zero-order chi connectivity index (χ0) is 23.3. The minimum absolute atomic E-state index is 0.401. The molecular formula is C29H37N3OS. The molecule has 180 valence electrons. The van der Waals surface area contributed by atoms with Crippen LogP contribution in [0, 0.1) is 0 Å². The van der Waals surface area contributed by atoms with Gasteiger partial charge in [-0.25, -0.2) is 4.98 Å². The van der Waals surface area contributed by atoms with Gasteiger partial charge in [-0.3, -0.25) is 0 Å². The van der Waals surface area contributed by atoms with Crippen LogP contribution in [0.2, 0.25) is 0 Å². The molecule has 34 heavy (non-hydrogen) atoms. The van der Waals surface area contributed by atoms with Gasteiger partial charge in [-0.05, 0) is 80.2 Å². The number of benzene rings is 1. The summed E-state index contributed by atoms with van der Waals surface area (Å²) >= 11 is 1.80. The lowest BCUT2D eigenvalue weighted by Gasteiger charge is -2.17. The van der Waals surface area contributed by atoms with Gasteiger partial charge in [0, 0.05) is 25.5 Å². The molecule has 0 aliphatic heterocycles. The highest BCUT2D eigenvalue weighted by atomic mass is 32.1.